The number of guanidine groups is 1. The lowest BCUT2D eigenvalue weighted by atomic mass is 10.1. The second kappa shape index (κ2) is 13.0. The van der Waals surface area contributed by atoms with Gasteiger partial charge in [-0.15, -0.1) is 0 Å². The van der Waals surface area contributed by atoms with Crippen LogP contribution < -0.4 is 21.7 Å². The fourth-order valence-corrected chi connectivity index (χ4v) is 3.42. The molecule has 2 aromatic carbocycles. The zero-order valence-corrected chi connectivity index (χ0v) is 19.6. The first-order valence-electron chi connectivity index (χ1n) is 10.00. The molecular weight excluding hydrogens is 483 g/mol. The number of amides is 2. The molecule has 12 heteroatoms. The molecule has 1 atom stereocenters. The molecule has 0 aliphatic heterocycles. The number of ether oxygens (including phenoxy) is 1. The topological polar surface area (TPSA) is 159 Å². The van der Waals surface area contributed by atoms with E-state index in [1.54, 1.807) is 43.4 Å². The molecule has 5 N–H and O–H groups in total. The molecule has 178 valence electrons. The molecule has 2 amide bonds. The van der Waals surface area contributed by atoms with Gasteiger partial charge in [0.1, 0.15) is 6.04 Å². The van der Waals surface area contributed by atoms with Crippen molar-refractivity contribution in [2.45, 2.75) is 19.4 Å². The Balaban J connectivity index is 2.02. The summed E-state index contributed by atoms with van der Waals surface area (Å²) in [5, 5.41) is 16.5. The molecule has 0 spiro atoms. The van der Waals surface area contributed by atoms with Crippen molar-refractivity contribution in [2.24, 2.45) is 10.7 Å². The Morgan fingerprint density at radius 2 is 1.88 bits per heavy atom. The van der Waals surface area contributed by atoms with Crippen LogP contribution in [0.4, 0.5) is 5.69 Å². The normalized spacial score (nSPS) is 11.6. The van der Waals surface area contributed by atoms with Crippen molar-refractivity contribution in [3.8, 4) is 6.19 Å². The molecule has 0 saturated carbocycles. The van der Waals surface area contributed by atoms with E-state index in [0.717, 1.165) is 0 Å². The minimum absolute atomic E-state index is 0.0942. The summed E-state index contributed by atoms with van der Waals surface area (Å²) >= 11 is 12.0. The standard InChI is InChI=1S/C22H22Cl2N6O4/c1-2-34-21(33)18(8-13-6-15(23)10-16(24)7-13)30-19(31)11-27-20(32)14-4-3-5-17(9-14)29-22(26)28-12-25/h3-7,9-10,18H,2,8,11H2,1H3,(H,27,32)(H,30,31)(H3,26,28,29). The van der Waals surface area contributed by atoms with Gasteiger partial charge in [0, 0.05) is 22.0 Å². The number of benzene rings is 2. The van der Waals surface area contributed by atoms with Gasteiger partial charge in [-0.2, -0.15) is 5.26 Å². The largest absolute Gasteiger partial charge is 0.464 e. The fraction of sp³-hybridized carbons (Fsp3) is 0.227. The first-order chi connectivity index (χ1) is 16.2. The van der Waals surface area contributed by atoms with Crippen LogP contribution in [-0.2, 0) is 20.7 Å². The zero-order chi connectivity index (χ0) is 25.1. The van der Waals surface area contributed by atoms with E-state index in [1.807, 2.05) is 0 Å². The molecule has 0 fully saturated rings. The number of hydrogen-bond acceptors (Lipinski definition) is 6. The second-order valence-electron chi connectivity index (χ2n) is 6.82. The number of carbonyl (C=O) groups excluding carboxylic acids is 3. The number of rotatable bonds is 9. The van der Waals surface area contributed by atoms with Crippen LogP contribution in [0.15, 0.2) is 47.5 Å². The third kappa shape index (κ3) is 8.61. The van der Waals surface area contributed by atoms with Gasteiger partial charge in [0.2, 0.25) is 11.9 Å². The van der Waals surface area contributed by atoms with Crippen LogP contribution in [0.3, 0.4) is 0 Å². The van der Waals surface area contributed by atoms with E-state index >= 15 is 0 Å². The number of carbonyl (C=O) groups is 3. The summed E-state index contributed by atoms with van der Waals surface area (Å²) in [6.45, 7) is 1.39. The number of aliphatic imine (C=N–C) groups is 1. The lowest BCUT2D eigenvalue weighted by molar-refractivity contribution is -0.147. The molecule has 0 aliphatic rings. The molecule has 10 nitrogen and oxygen atoms in total. The maximum absolute atomic E-state index is 12.4. The highest BCUT2D eigenvalue weighted by Gasteiger charge is 2.23. The van der Waals surface area contributed by atoms with Crippen molar-refractivity contribution in [3.63, 3.8) is 0 Å². The van der Waals surface area contributed by atoms with Crippen LogP contribution in [0.1, 0.15) is 22.8 Å². The summed E-state index contributed by atoms with van der Waals surface area (Å²) in [5.41, 5.74) is 6.69. The van der Waals surface area contributed by atoms with Crippen LogP contribution in [0.25, 0.3) is 0 Å². The van der Waals surface area contributed by atoms with Gasteiger partial charge in [0.05, 0.1) is 18.8 Å². The van der Waals surface area contributed by atoms with Crippen molar-refractivity contribution in [3.05, 3.63) is 63.6 Å². The number of hydrogen-bond donors (Lipinski definition) is 4. The highest BCUT2D eigenvalue weighted by molar-refractivity contribution is 6.34. The maximum atomic E-state index is 12.4. The monoisotopic (exact) mass is 504 g/mol. The Morgan fingerprint density at radius 1 is 1.18 bits per heavy atom. The van der Waals surface area contributed by atoms with Crippen LogP contribution in [0.2, 0.25) is 10.0 Å². The Hall–Kier alpha value is -3.81. The molecule has 2 aromatic rings. The minimum atomic E-state index is -1.01. The number of nitrogens with zero attached hydrogens (tertiary/aromatic N) is 2. The second-order valence-corrected chi connectivity index (χ2v) is 7.69. The summed E-state index contributed by atoms with van der Waals surface area (Å²) in [7, 11) is 0. The molecule has 34 heavy (non-hydrogen) atoms. The smallest absolute Gasteiger partial charge is 0.328 e. The molecule has 0 heterocycles. The minimum Gasteiger partial charge on any atom is -0.464 e. The lowest BCUT2D eigenvalue weighted by Crippen LogP contribution is -2.47. The first kappa shape index (κ1) is 26.4. The third-order valence-electron chi connectivity index (χ3n) is 4.22. The quantitative estimate of drug-likeness (QED) is 0.133. The average molecular weight is 505 g/mol. The van der Waals surface area contributed by atoms with Crippen molar-refractivity contribution in [1.29, 1.82) is 5.26 Å². The van der Waals surface area contributed by atoms with E-state index in [2.05, 4.69) is 20.9 Å². The van der Waals surface area contributed by atoms with Crippen LogP contribution in [0, 0.1) is 11.5 Å². The van der Waals surface area contributed by atoms with E-state index in [0.29, 0.717) is 21.3 Å². The van der Waals surface area contributed by atoms with Crippen molar-refractivity contribution < 1.29 is 19.1 Å². The van der Waals surface area contributed by atoms with Gasteiger partial charge in [-0.05, 0) is 48.9 Å². The van der Waals surface area contributed by atoms with E-state index < -0.39 is 30.4 Å². The lowest BCUT2D eigenvalue weighted by Gasteiger charge is -2.18. The van der Waals surface area contributed by atoms with E-state index in [-0.39, 0.29) is 24.6 Å². The Kier molecular flexibility index (Phi) is 10.1. The molecule has 1 unspecified atom stereocenters. The van der Waals surface area contributed by atoms with E-state index in [4.69, 9.17) is 38.9 Å². The molecule has 0 radical (unpaired) electrons. The highest BCUT2D eigenvalue weighted by Crippen LogP contribution is 2.20. The van der Waals surface area contributed by atoms with Gasteiger partial charge in [-0.1, -0.05) is 29.3 Å². The van der Waals surface area contributed by atoms with Crippen molar-refractivity contribution in [2.75, 3.05) is 13.2 Å². The molecule has 0 aliphatic carbocycles. The summed E-state index contributed by atoms with van der Waals surface area (Å²) in [6, 6.07) is 9.90. The van der Waals surface area contributed by atoms with Gasteiger partial charge >= 0.3 is 5.97 Å². The third-order valence-corrected chi connectivity index (χ3v) is 4.66. The van der Waals surface area contributed by atoms with Gasteiger partial charge < -0.3 is 21.1 Å². The van der Waals surface area contributed by atoms with Gasteiger partial charge in [0.15, 0.2) is 6.19 Å². The van der Waals surface area contributed by atoms with Crippen LogP contribution in [-0.4, -0.2) is 42.9 Å². The SMILES string of the molecule is CCOC(=O)C(Cc1cc(Cl)cc(Cl)c1)NC(=O)CNC(=O)c1cccc(N=C(N)NC#N)c1. The molecule has 0 bridgehead atoms. The predicted molar refractivity (Wildman–Crippen MR) is 128 cm³/mol. The van der Waals surface area contributed by atoms with Crippen LogP contribution in [0.5, 0.6) is 0 Å². The summed E-state index contributed by atoms with van der Waals surface area (Å²) < 4.78 is 5.04. The Labute approximate surface area is 206 Å². The van der Waals surface area contributed by atoms with Gasteiger partial charge in [-0.3, -0.25) is 14.9 Å². The van der Waals surface area contributed by atoms with Gasteiger partial charge in [0.25, 0.3) is 5.91 Å². The van der Waals surface area contributed by atoms with Crippen molar-refractivity contribution in [1.82, 2.24) is 16.0 Å². The van der Waals surface area contributed by atoms with Gasteiger partial charge in [-0.25, -0.2) is 9.79 Å². The number of esters is 1. The maximum Gasteiger partial charge on any atom is 0.328 e. The molecule has 0 saturated heterocycles. The number of nitriles is 1. The Morgan fingerprint density at radius 3 is 2.53 bits per heavy atom. The first-order valence-corrected chi connectivity index (χ1v) is 10.8. The van der Waals surface area contributed by atoms with Crippen LogP contribution >= 0.6 is 23.2 Å². The highest BCUT2D eigenvalue weighted by atomic mass is 35.5. The summed E-state index contributed by atoms with van der Waals surface area (Å²) in [4.78, 5) is 41.2. The predicted octanol–water partition coefficient (Wildman–Crippen LogP) is 2.03. The van der Waals surface area contributed by atoms with Crippen molar-refractivity contribution >= 4 is 52.6 Å². The number of nitrogens with one attached hydrogen (secondary N) is 3. The molecule has 2 rings (SSSR count). The number of nitrogens with two attached hydrogens (primary N) is 1. The fourth-order valence-electron chi connectivity index (χ4n) is 2.85. The zero-order valence-electron chi connectivity index (χ0n) is 18.1. The molecule has 0 aromatic heterocycles. The van der Waals surface area contributed by atoms with E-state index in [9.17, 15) is 14.4 Å². The Bertz CT molecular complexity index is 1110. The average Bonchev–Trinajstić information content (AvgIpc) is 2.77. The molecular formula is C22H22Cl2N6O4. The summed E-state index contributed by atoms with van der Waals surface area (Å²) in [6.07, 6.45) is 1.73. The summed E-state index contributed by atoms with van der Waals surface area (Å²) in [5.74, 6) is -1.91. The number of halogens is 2. The van der Waals surface area contributed by atoms with E-state index in [1.165, 1.54) is 12.1 Å².